The summed E-state index contributed by atoms with van der Waals surface area (Å²) in [5.74, 6) is 0.0478. The summed E-state index contributed by atoms with van der Waals surface area (Å²) in [7, 11) is -0.512. The maximum absolute atomic E-state index is 13.0. The summed E-state index contributed by atoms with van der Waals surface area (Å²) >= 11 is 0. The van der Waals surface area contributed by atoms with Crippen molar-refractivity contribution >= 4 is 38.2 Å². The molecule has 3 N–H and O–H groups in total. The van der Waals surface area contributed by atoms with Crippen molar-refractivity contribution in [1.82, 2.24) is 9.55 Å². The maximum Gasteiger partial charge on any atom is 0.255 e. The number of nitrogens with two attached hydrogens (primary N) is 1. The van der Waals surface area contributed by atoms with Crippen LogP contribution in [0.4, 0.5) is 11.4 Å². The number of carbonyl (C=O) groups excluding carboxylic acids is 1. The molecule has 1 heterocycles. The molecule has 0 radical (unpaired) electrons. The van der Waals surface area contributed by atoms with E-state index < -0.39 is 9.84 Å². The number of hydrogen-bond donors (Lipinski definition) is 2. The summed E-state index contributed by atoms with van der Waals surface area (Å²) in [6.45, 7) is 0. The third-order valence-electron chi connectivity index (χ3n) is 5.11. The number of hydrogen-bond acceptors (Lipinski definition) is 6. The highest BCUT2D eigenvalue weighted by Crippen LogP contribution is 2.25. The number of nitrogens with zero attached hydrogens (tertiary/aromatic N) is 2. The molecule has 0 saturated heterocycles. The molecule has 8 nitrogen and oxygen atoms in total. The lowest BCUT2D eigenvalue weighted by Crippen LogP contribution is -2.14. The lowest BCUT2D eigenvalue weighted by atomic mass is 10.1. The van der Waals surface area contributed by atoms with Gasteiger partial charge in [-0.3, -0.25) is 4.79 Å². The number of carbonyl (C=O) groups is 1. The largest absolute Gasteiger partial charge is 0.497 e. The standard InChI is InChI=1S/C23H22N4O4S/c1-27-21-13-17(31-2)11-12-20(21)26-23(27)32(29,30)14-15-7-9-16(10-8-15)22(28)25-19-6-4-3-5-18(19)24/h3-13H,14,24H2,1-2H3,(H,25,28). The van der Waals surface area contributed by atoms with Crippen LogP contribution in [0.3, 0.4) is 0 Å². The molecular weight excluding hydrogens is 428 g/mol. The molecule has 0 bridgehead atoms. The van der Waals surface area contributed by atoms with Crippen molar-refractivity contribution in [2.24, 2.45) is 7.05 Å². The molecule has 32 heavy (non-hydrogen) atoms. The van der Waals surface area contributed by atoms with Gasteiger partial charge in [0.1, 0.15) is 5.75 Å². The van der Waals surface area contributed by atoms with Crippen LogP contribution in [0.1, 0.15) is 15.9 Å². The Bertz CT molecular complexity index is 1410. The monoisotopic (exact) mass is 450 g/mol. The summed E-state index contributed by atoms with van der Waals surface area (Å²) in [5, 5.41) is 2.72. The molecular formula is C23H22N4O4S. The minimum absolute atomic E-state index is 0.0258. The van der Waals surface area contributed by atoms with Crippen molar-refractivity contribution in [1.29, 1.82) is 0 Å². The first-order chi connectivity index (χ1) is 15.3. The molecule has 4 rings (SSSR count). The quantitative estimate of drug-likeness (QED) is 0.435. The van der Waals surface area contributed by atoms with Crippen molar-refractivity contribution in [3.63, 3.8) is 0 Å². The molecule has 1 aromatic heterocycles. The number of nitrogen functional groups attached to an aromatic ring is 1. The van der Waals surface area contributed by atoms with Gasteiger partial charge in [0.2, 0.25) is 15.0 Å². The number of aryl methyl sites for hydroxylation is 1. The average molecular weight is 451 g/mol. The number of nitrogens with one attached hydrogen (secondary N) is 1. The predicted octanol–water partition coefficient (Wildman–Crippen LogP) is 3.39. The minimum Gasteiger partial charge on any atom is -0.497 e. The Balaban J connectivity index is 1.54. The molecule has 0 aliphatic rings. The van der Waals surface area contributed by atoms with Gasteiger partial charge in [-0.25, -0.2) is 13.4 Å². The minimum atomic E-state index is -3.72. The van der Waals surface area contributed by atoms with Gasteiger partial charge in [0.15, 0.2) is 0 Å². The van der Waals surface area contributed by atoms with Crippen molar-refractivity contribution in [3.8, 4) is 5.75 Å². The number of methoxy groups -OCH3 is 1. The van der Waals surface area contributed by atoms with E-state index in [2.05, 4.69) is 10.3 Å². The fourth-order valence-electron chi connectivity index (χ4n) is 3.39. The van der Waals surface area contributed by atoms with Crippen LogP contribution in [-0.4, -0.2) is 31.0 Å². The summed E-state index contributed by atoms with van der Waals surface area (Å²) < 4.78 is 32.8. The molecule has 1 amide bonds. The van der Waals surface area contributed by atoms with E-state index >= 15 is 0 Å². The zero-order valence-corrected chi connectivity index (χ0v) is 18.4. The second kappa shape index (κ2) is 8.35. The van der Waals surface area contributed by atoms with E-state index in [1.54, 1.807) is 85.5 Å². The molecule has 4 aromatic rings. The number of aromatic nitrogens is 2. The number of sulfone groups is 1. The van der Waals surface area contributed by atoms with E-state index in [1.165, 1.54) is 0 Å². The Morgan fingerprint density at radius 3 is 2.50 bits per heavy atom. The van der Waals surface area contributed by atoms with Gasteiger partial charge in [-0.2, -0.15) is 0 Å². The molecule has 164 valence electrons. The van der Waals surface area contributed by atoms with E-state index in [1.807, 2.05) is 0 Å². The van der Waals surface area contributed by atoms with E-state index in [0.717, 1.165) is 0 Å². The maximum atomic E-state index is 13.0. The number of benzene rings is 3. The zero-order chi connectivity index (χ0) is 22.9. The van der Waals surface area contributed by atoms with E-state index in [-0.39, 0.29) is 16.8 Å². The number of rotatable bonds is 6. The van der Waals surface area contributed by atoms with Gasteiger partial charge in [0.25, 0.3) is 5.91 Å². The molecule has 0 unspecified atom stereocenters. The first-order valence-electron chi connectivity index (χ1n) is 9.76. The van der Waals surface area contributed by atoms with Crippen LogP contribution in [0.5, 0.6) is 5.75 Å². The molecule has 0 aliphatic heterocycles. The van der Waals surface area contributed by atoms with Crippen LogP contribution < -0.4 is 15.8 Å². The third kappa shape index (κ3) is 4.15. The van der Waals surface area contributed by atoms with Gasteiger partial charge in [0, 0.05) is 18.7 Å². The van der Waals surface area contributed by atoms with Crippen LogP contribution >= 0.6 is 0 Å². The fourth-order valence-corrected chi connectivity index (χ4v) is 4.91. The number of fused-ring (bicyclic) bond motifs is 1. The smallest absolute Gasteiger partial charge is 0.255 e. The summed E-state index contributed by atoms with van der Waals surface area (Å²) in [5.41, 5.74) is 9.00. The van der Waals surface area contributed by atoms with Crippen LogP contribution in [-0.2, 0) is 22.6 Å². The first kappa shape index (κ1) is 21.4. The third-order valence-corrected chi connectivity index (χ3v) is 6.74. The first-order valence-corrected chi connectivity index (χ1v) is 11.4. The number of imidazole rings is 1. The normalized spacial score (nSPS) is 11.4. The second-order valence-corrected chi connectivity index (χ2v) is 9.19. The van der Waals surface area contributed by atoms with E-state index in [0.29, 0.717) is 39.3 Å². The number of amides is 1. The molecule has 0 spiro atoms. The highest BCUT2D eigenvalue weighted by Gasteiger charge is 2.23. The van der Waals surface area contributed by atoms with Gasteiger partial charge in [-0.15, -0.1) is 0 Å². The lowest BCUT2D eigenvalue weighted by molar-refractivity contribution is 0.102. The van der Waals surface area contributed by atoms with E-state index in [4.69, 9.17) is 10.5 Å². The lowest BCUT2D eigenvalue weighted by Gasteiger charge is -2.09. The van der Waals surface area contributed by atoms with Gasteiger partial charge in [-0.05, 0) is 42.0 Å². The van der Waals surface area contributed by atoms with Crippen molar-refractivity contribution < 1.29 is 17.9 Å². The highest BCUT2D eigenvalue weighted by atomic mass is 32.2. The Morgan fingerprint density at radius 2 is 1.81 bits per heavy atom. The number of para-hydroxylation sites is 2. The van der Waals surface area contributed by atoms with Crippen molar-refractivity contribution in [3.05, 3.63) is 77.9 Å². The van der Waals surface area contributed by atoms with Crippen LogP contribution in [0, 0.1) is 0 Å². The van der Waals surface area contributed by atoms with Crippen molar-refractivity contribution in [2.45, 2.75) is 10.9 Å². The fraction of sp³-hybridized carbons (Fsp3) is 0.130. The zero-order valence-electron chi connectivity index (χ0n) is 17.6. The SMILES string of the molecule is COc1ccc2nc(S(=O)(=O)Cc3ccc(C(=O)Nc4ccccc4N)cc3)n(C)c2c1. The Labute approximate surface area is 185 Å². The highest BCUT2D eigenvalue weighted by molar-refractivity contribution is 7.90. The Kier molecular flexibility index (Phi) is 5.58. The molecule has 0 aliphatic carbocycles. The van der Waals surface area contributed by atoms with Gasteiger partial charge >= 0.3 is 0 Å². The van der Waals surface area contributed by atoms with Crippen LogP contribution in [0.25, 0.3) is 11.0 Å². The Hall–Kier alpha value is -3.85. The summed E-state index contributed by atoms with van der Waals surface area (Å²) in [4.78, 5) is 16.8. The van der Waals surface area contributed by atoms with E-state index in [9.17, 15) is 13.2 Å². The average Bonchev–Trinajstić information content (AvgIpc) is 3.12. The molecule has 0 saturated carbocycles. The number of ether oxygens (including phenoxy) is 1. The summed E-state index contributed by atoms with van der Waals surface area (Å²) in [6.07, 6.45) is 0. The summed E-state index contributed by atoms with van der Waals surface area (Å²) in [6, 6.07) is 18.6. The second-order valence-electron chi connectivity index (χ2n) is 7.31. The van der Waals surface area contributed by atoms with Crippen LogP contribution in [0.2, 0.25) is 0 Å². The van der Waals surface area contributed by atoms with Crippen molar-refractivity contribution in [2.75, 3.05) is 18.2 Å². The topological polar surface area (TPSA) is 116 Å². The van der Waals surface area contributed by atoms with Crippen LogP contribution in [0.15, 0.2) is 71.9 Å². The molecule has 0 atom stereocenters. The van der Waals surface area contributed by atoms with Gasteiger partial charge in [0.05, 0.1) is 35.3 Å². The molecule has 9 heteroatoms. The predicted molar refractivity (Wildman–Crippen MR) is 123 cm³/mol. The number of anilines is 2. The van der Waals surface area contributed by atoms with Gasteiger partial charge < -0.3 is 20.4 Å². The Morgan fingerprint density at radius 1 is 1.09 bits per heavy atom. The molecule has 0 fully saturated rings. The van der Waals surface area contributed by atoms with Gasteiger partial charge in [-0.1, -0.05) is 24.3 Å². The molecule has 3 aromatic carbocycles.